The smallest absolute Gasteiger partial charge is 0.168 e. The van der Waals surface area contributed by atoms with Crippen LogP contribution < -0.4 is 0 Å². The largest absolute Gasteiger partial charge is 0.386 e. The second kappa shape index (κ2) is 4.59. The van der Waals surface area contributed by atoms with Crippen LogP contribution in [-0.4, -0.2) is 21.6 Å². The zero-order valence-electron chi connectivity index (χ0n) is 10.8. The van der Waals surface area contributed by atoms with Gasteiger partial charge in [0.25, 0.3) is 0 Å². The van der Waals surface area contributed by atoms with Crippen molar-refractivity contribution in [3.63, 3.8) is 0 Å². The Morgan fingerprint density at radius 1 is 1.06 bits per heavy atom. The second-order valence-corrected chi connectivity index (χ2v) is 5.41. The van der Waals surface area contributed by atoms with E-state index in [2.05, 4.69) is 0 Å². The molecule has 0 aliphatic heterocycles. The Labute approximate surface area is 102 Å². The van der Waals surface area contributed by atoms with Gasteiger partial charge < -0.3 is 10.2 Å². The van der Waals surface area contributed by atoms with E-state index in [4.69, 9.17) is 0 Å². The number of Topliss-reactive ketones (excluding diaryl/α,β-unsaturated/α-hetero) is 1. The highest BCUT2D eigenvalue weighted by molar-refractivity contribution is 5.88. The maximum absolute atomic E-state index is 11.6. The Morgan fingerprint density at radius 3 is 1.88 bits per heavy atom. The van der Waals surface area contributed by atoms with Gasteiger partial charge in [-0.3, -0.25) is 4.79 Å². The average Bonchev–Trinajstić information content (AvgIpc) is 2.15. The molecule has 0 unspecified atom stereocenters. The molecule has 1 rings (SSSR count). The van der Waals surface area contributed by atoms with Gasteiger partial charge in [-0.1, -0.05) is 24.3 Å². The molecule has 2 N–H and O–H groups in total. The first-order chi connectivity index (χ1) is 7.60. The summed E-state index contributed by atoms with van der Waals surface area (Å²) in [6.45, 7) is 6.40. The highest BCUT2D eigenvalue weighted by Crippen LogP contribution is 2.20. The molecule has 3 heteroatoms. The van der Waals surface area contributed by atoms with Crippen molar-refractivity contribution < 1.29 is 15.0 Å². The highest BCUT2D eigenvalue weighted by atomic mass is 16.3. The van der Waals surface area contributed by atoms with Gasteiger partial charge in [0.2, 0.25) is 0 Å². The fraction of sp³-hybridized carbons (Fsp3) is 0.500. The molecule has 1 aromatic carbocycles. The number of hydrogen-bond acceptors (Lipinski definition) is 3. The molecule has 0 aliphatic carbocycles. The summed E-state index contributed by atoms with van der Waals surface area (Å²) < 4.78 is 0. The van der Waals surface area contributed by atoms with Crippen LogP contribution in [0.15, 0.2) is 24.3 Å². The number of benzene rings is 1. The van der Waals surface area contributed by atoms with E-state index in [0.29, 0.717) is 0 Å². The van der Waals surface area contributed by atoms with E-state index in [0.717, 1.165) is 11.1 Å². The lowest BCUT2D eigenvalue weighted by molar-refractivity contribution is -0.133. The monoisotopic (exact) mass is 236 g/mol. The van der Waals surface area contributed by atoms with Gasteiger partial charge in [0.1, 0.15) is 5.60 Å². The summed E-state index contributed by atoms with van der Waals surface area (Å²) >= 11 is 0. The molecule has 17 heavy (non-hydrogen) atoms. The van der Waals surface area contributed by atoms with E-state index in [-0.39, 0.29) is 12.2 Å². The van der Waals surface area contributed by atoms with Crippen LogP contribution in [0.3, 0.4) is 0 Å². The van der Waals surface area contributed by atoms with Crippen molar-refractivity contribution >= 4 is 5.78 Å². The molecular weight excluding hydrogens is 216 g/mol. The van der Waals surface area contributed by atoms with Crippen molar-refractivity contribution in [2.45, 2.75) is 45.3 Å². The molecular formula is C14H20O3. The maximum Gasteiger partial charge on any atom is 0.168 e. The van der Waals surface area contributed by atoms with E-state index in [1.807, 2.05) is 0 Å². The molecule has 0 fully saturated rings. The fourth-order valence-electron chi connectivity index (χ4n) is 1.43. The summed E-state index contributed by atoms with van der Waals surface area (Å²) in [5, 5.41) is 19.3. The Hall–Kier alpha value is -1.19. The zero-order chi connectivity index (χ0) is 13.3. The van der Waals surface area contributed by atoms with Gasteiger partial charge in [-0.25, -0.2) is 0 Å². The van der Waals surface area contributed by atoms with Crippen LogP contribution in [0.4, 0.5) is 0 Å². The SMILES string of the molecule is CC(C)(O)C(=O)Cc1ccc(C(C)(C)O)cc1. The molecule has 0 aromatic heterocycles. The van der Waals surface area contributed by atoms with Gasteiger partial charge in [-0.2, -0.15) is 0 Å². The molecule has 0 bridgehead atoms. The van der Waals surface area contributed by atoms with Crippen LogP contribution in [0.1, 0.15) is 38.8 Å². The van der Waals surface area contributed by atoms with Gasteiger partial charge >= 0.3 is 0 Å². The van der Waals surface area contributed by atoms with Crippen LogP contribution >= 0.6 is 0 Å². The first-order valence-electron chi connectivity index (χ1n) is 5.68. The minimum atomic E-state index is -1.30. The van der Waals surface area contributed by atoms with Crippen molar-refractivity contribution in [1.29, 1.82) is 0 Å². The van der Waals surface area contributed by atoms with Gasteiger partial charge in [0.05, 0.1) is 5.60 Å². The van der Waals surface area contributed by atoms with Crippen molar-refractivity contribution in [1.82, 2.24) is 0 Å². The molecule has 94 valence electrons. The molecule has 0 saturated carbocycles. The quantitative estimate of drug-likeness (QED) is 0.838. The molecule has 0 aliphatic rings. The number of aliphatic hydroxyl groups is 2. The number of ketones is 1. The molecule has 0 spiro atoms. The summed E-state index contributed by atoms with van der Waals surface area (Å²) in [4.78, 5) is 11.6. The highest BCUT2D eigenvalue weighted by Gasteiger charge is 2.23. The van der Waals surface area contributed by atoms with E-state index in [9.17, 15) is 15.0 Å². The van der Waals surface area contributed by atoms with Crippen LogP contribution in [0.5, 0.6) is 0 Å². The summed E-state index contributed by atoms with van der Waals surface area (Å²) in [7, 11) is 0. The molecule has 1 aromatic rings. The minimum Gasteiger partial charge on any atom is -0.386 e. The third-order valence-electron chi connectivity index (χ3n) is 2.71. The molecule has 0 atom stereocenters. The lowest BCUT2D eigenvalue weighted by Gasteiger charge is -2.19. The van der Waals surface area contributed by atoms with E-state index >= 15 is 0 Å². The van der Waals surface area contributed by atoms with Crippen LogP contribution in [0.2, 0.25) is 0 Å². The lowest BCUT2D eigenvalue weighted by Crippen LogP contribution is -2.32. The predicted octanol–water partition coefficient (Wildman–Crippen LogP) is 1.80. The summed E-state index contributed by atoms with van der Waals surface area (Å²) in [6.07, 6.45) is 0.204. The molecule has 0 amide bonds. The summed E-state index contributed by atoms with van der Waals surface area (Å²) in [6, 6.07) is 7.20. The van der Waals surface area contributed by atoms with Crippen molar-refractivity contribution in [2.24, 2.45) is 0 Å². The topological polar surface area (TPSA) is 57.5 Å². The first kappa shape index (κ1) is 13.9. The van der Waals surface area contributed by atoms with E-state index in [1.165, 1.54) is 13.8 Å². The van der Waals surface area contributed by atoms with Gasteiger partial charge in [0.15, 0.2) is 5.78 Å². The van der Waals surface area contributed by atoms with Gasteiger partial charge in [-0.05, 0) is 38.8 Å². The van der Waals surface area contributed by atoms with Crippen LogP contribution in [0.25, 0.3) is 0 Å². The number of carbonyl (C=O) groups excluding carboxylic acids is 1. The number of hydrogen-bond donors (Lipinski definition) is 2. The van der Waals surface area contributed by atoms with Crippen LogP contribution in [-0.2, 0) is 16.8 Å². The van der Waals surface area contributed by atoms with Gasteiger partial charge in [-0.15, -0.1) is 0 Å². The Bertz CT molecular complexity index is 391. The first-order valence-corrected chi connectivity index (χ1v) is 5.68. The molecule has 0 radical (unpaired) electrons. The van der Waals surface area contributed by atoms with E-state index < -0.39 is 11.2 Å². The lowest BCUT2D eigenvalue weighted by atomic mass is 9.93. The number of carbonyl (C=O) groups is 1. The maximum atomic E-state index is 11.6. The number of rotatable bonds is 4. The Morgan fingerprint density at radius 2 is 1.53 bits per heavy atom. The predicted molar refractivity (Wildman–Crippen MR) is 66.7 cm³/mol. The zero-order valence-corrected chi connectivity index (χ0v) is 10.8. The normalized spacial score (nSPS) is 12.6. The summed E-state index contributed by atoms with van der Waals surface area (Å²) in [5.41, 5.74) is -0.532. The molecule has 3 nitrogen and oxygen atoms in total. The summed E-state index contributed by atoms with van der Waals surface area (Å²) in [5.74, 6) is -0.214. The minimum absolute atomic E-state index is 0.204. The second-order valence-electron chi connectivity index (χ2n) is 5.41. The van der Waals surface area contributed by atoms with E-state index in [1.54, 1.807) is 38.1 Å². The third kappa shape index (κ3) is 3.95. The molecule has 0 heterocycles. The van der Waals surface area contributed by atoms with Gasteiger partial charge in [0, 0.05) is 6.42 Å². The fourth-order valence-corrected chi connectivity index (χ4v) is 1.43. The van der Waals surface area contributed by atoms with Crippen molar-refractivity contribution in [2.75, 3.05) is 0 Å². The molecule has 0 saturated heterocycles. The Balaban J connectivity index is 2.80. The third-order valence-corrected chi connectivity index (χ3v) is 2.71. The standard InChI is InChI=1S/C14H20O3/c1-13(2,16)11-7-5-10(6-8-11)9-12(15)14(3,4)17/h5-8,16-17H,9H2,1-4H3. The Kier molecular flexibility index (Phi) is 3.74. The van der Waals surface area contributed by atoms with Crippen LogP contribution in [0, 0.1) is 0 Å². The van der Waals surface area contributed by atoms with Crippen molar-refractivity contribution in [3.05, 3.63) is 35.4 Å². The average molecular weight is 236 g/mol. The van der Waals surface area contributed by atoms with Crippen molar-refractivity contribution in [3.8, 4) is 0 Å².